The zero-order valence-corrected chi connectivity index (χ0v) is 15.2. The van der Waals surface area contributed by atoms with Gasteiger partial charge in [0.2, 0.25) is 0 Å². The highest BCUT2D eigenvalue weighted by Crippen LogP contribution is 2.30. The lowest BCUT2D eigenvalue weighted by Crippen LogP contribution is -2.43. The molecule has 1 unspecified atom stereocenters. The number of rotatable bonds is 4. The molecule has 144 valence electrons. The number of aromatic nitrogens is 2. The zero-order chi connectivity index (χ0) is 19.5. The summed E-state index contributed by atoms with van der Waals surface area (Å²) in [6.07, 6.45) is 0. The maximum atomic E-state index is 13.1. The number of carbonyl (C=O) groups excluding carboxylic acids is 1. The average molecular weight is 381 g/mol. The summed E-state index contributed by atoms with van der Waals surface area (Å²) in [6.45, 7) is 0.968. The summed E-state index contributed by atoms with van der Waals surface area (Å²) in [5.41, 5.74) is 0.944. The van der Waals surface area contributed by atoms with Gasteiger partial charge in [-0.25, -0.2) is 0 Å². The first-order valence-corrected chi connectivity index (χ1v) is 8.82. The molecule has 0 aliphatic carbocycles. The number of hydrogen-bond donors (Lipinski definition) is 1. The van der Waals surface area contributed by atoms with Crippen molar-refractivity contribution in [3.8, 4) is 23.0 Å². The third-order valence-corrected chi connectivity index (χ3v) is 4.58. The molecular weight excluding hydrogens is 362 g/mol. The molecule has 1 aromatic heterocycles. The van der Waals surface area contributed by atoms with Gasteiger partial charge in [-0.05, 0) is 30.3 Å². The van der Waals surface area contributed by atoms with Gasteiger partial charge in [0.25, 0.3) is 11.8 Å². The van der Waals surface area contributed by atoms with Gasteiger partial charge >= 0.3 is 0 Å². The number of hydrogen-bond acceptors (Lipinski definition) is 7. The summed E-state index contributed by atoms with van der Waals surface area (Å²) in [4.78, 5) is 19.1. The van der Waals surface area contributed by atoms with Crippen LogP contribution in [-0.4, -0.2) is 52.9 Å². The van der Waals surface area contributed by atoms with Gasteiger partial charge in [0.05, 0.1) is 25.9 Å². The Kier molecular flexibility index (Phi) is 4.94. The number of phenolic OH excluding ortho intramolecular Hbond substituents is 1. The van der Waals surface area contributed by atoms with Crippen LogP contribution < -0.4 is 4.74 Å². The number of morpholine rings is 1. The molecule has 1 fully saturated rings. The van der Waals surface area contributed by atoms with Crippen LogP contribution in [0.15, 0.2) is 53.1 Å². The summed E-state index contributed by atoms with van der Waals surface area (Å²) < 4.78 is 16.1. The molecule has 0 bridgehead atoms. The fraction of sp³-hybridized carbons (Fsp3) is 0.250. The fourth-order valence-electron chi connectivity index (χ4n) is 3.10. The van der Waals surface area contributed by atoms with Crippen LogP contribution in [0.4, 0.5) is 0 Å². The van der Waals surface area contributed by atoms with Crippen LogP contribution in [0, 0.1) is 0 Å². The Balaban J connectivity index is 1.64. The van der Waals surface area contributed by atoms with E-state index in [1.54, 1.807) is 11.0 Å². The van der Waals surface area contributed by atoms with E-state index in [1.807, 2.05) is 30.3 Å². The Labute approximate surface area is 161 Å². The average Bonchev–Trinajstić information content (AvgIpc) is 3.24. The fourth-order valence-corrected chi connectivity index (χ4v) is 3.10. The summed E-state index contributed by atoms with van der Waals surface area (Å²) in [6, 6.07) is 13.4. The van der Waals surface area contributed by atoms with Crippen molar-refractivity contribution in [3.63, 3.8) is 0 Å². The molecule has 0 spiro atoms. The second-order valence-corrected chi connectivity index (χ2v) is 6.30. The molecule has 1 aliphatic heterocycles. The van der Waals surface area contributed by atoms with Gasteiger partial charge in [-0.3, -0.25) is 4.79 Å². The van der Waals surface area contributed by atoms with Gasteiger partial charge in [-0.2, -0.15) is 4.98 Å². The number of carbonyl (C=O) groups is 1. The Bertz CT molecular complexity index is 973. The van der Waals surface area contributed by atoms with Gasteiger partial charge in [0, 0.05) is 12.1 Å². The van der Waals surface area contributed by atoms with Crippen LogP contribution in [0.3, 0.4) is 0 Å². The van der Waals surface area contributed by atoms with Crippen LogP contribution in [0.1, 0.15) is 22.2 Å². The van der Waals surface area contributed by atoms with E-state index in [0.29, 0.717) is 30.6 Å². The Hall–Kier alpha value is -3.39. The van der Waals surface area contributed by atoms with Crippen LogP contribution in [0.25, 0.3) is 11.5 Å². The van der Waals surface area contributed by atoms with Gasteiger partial charge in [-0.1, -0.05) is 23.4 Å². The van der Waals surface area contributed by atoms with Gasteiger partial charge in [0.15, 0.2) is 5.82 Å². The summed E-state index contributed by atoms with van der Waals surface area (Å²) in [5.74, 6) is 0.744. The maximum absolute atomic E-state index is 13.1. The topological polar surface area (TPSA) is 97.9 Å². The van der Waals surface area contributed by atoms with Crippen LogP contribution in [-0.2, 0) is 4.74 Å². The lowest BCUT2D eigenvalue weighted by Gasteiger charge is -2.33. The highest BCUT2D eigenvalue weighted by Gasteiger charge is 2.34. The van der Waals surface area contributed by atoms with Crippen molar-refractivity contribution < 1.29 is 23.9 Å². The van der Waals surface area contributed by atoms with Crippen LogP contribution in [0.2, 0.25) is 0 Å². The molecule has 1 amide bonds. The molecule has 1 atom stereocenters. The number of aromatic hydroxyl groups is 1. The molecule has 2 aromatic carbocycles. The van der Waals surface area contributed by atoms with E-state index in [-0.39, 0.29) is 23.8 Å². The molecule has 8 heteroatoms. The molecule has 8 nitrogen and oxygen atoms in total. The third kappa shape index (κ3) is 3.41. The van der Waals surface area contributed by atoms with E-state index in [0.717, 1.165) is 5.56 Å². The Morgan fingerprint density at radius 3 is 2.86 bits per heavy atom. The van der Waals surface area contributed by atoms with E-state index >= 15 is 0 Å². The minimum absolute atomic E-state index is 0.117. The van der Waals surface area contributed by atoms with Crippen molar-refractivity contribution in [2.75, 3.05) is 26.9 Å². The highest BCUT2D eigenvalue weighted by atomic mass is 16.5. The minimum Gasteiger partial charge on any atom is -0.507 e. The van der Waals surface area contributed by atoms with Crippen molar-refractivity contribution in [1.82, 2.24) is 15.0 Å². The number of amides is 1. The molecule has 0 saturated carbocycles. The van der Waals surface area contributed by atoms with Crippen molar-refractivity contribution in [2.45, 2.75) is 6.04 Å². The van der Waals surface area contributed by atoms with E-state index in [2.05, 4.69) is 10.1 Å². The molecule has 0 radical (unpaired) electrons. The first-order chi connectivity index (χ1) is 13.7. The summed E-state index contributed by atoms with van der Waals surface area (Å²) in [5, 5.41) is 14.2. The quantitative estimate of drug-likeness (QED) is 0.742. The lowest BCUT2D eigenvalue weighted by atomic mass is 10.1. The van der Waals surface area contributed by atoms with Gasteiger partial charge in [0.1, 0.15) is 17.5 Å². The first-order valence-electron chi connectivity index (χ1n) is 8.82. The molecule has 2 heterocycles. The zero-order valence-electron chi connectivity index (χ0n) is 15.2. The van der Waals surface area contributed by atoms with Crippen molar-refractivity contribution in [1.29, 1.82) is 0 Å². The largest absolute Gasteiger partial charge is 0.507 e. The van der Waals surface area contributed by atoms with Crippen LogP contribution in [0.5, 0.6) is 11.5 Å². The normalized spacial score (nSPS) is 16.8. The molecule has 1 N–H and O–H groups in total. The third-order valence-electron chi connectivity index (χ3n) is 4.58. The summed E-state index contributed by atoms with van der Waals surface area (Å²) in [7, 11) is 1.50. The van der Waals surface area contributed by atoms with Crippen molar-refractivity contribution in [2.24, 2.45) is 0 Å². The monoisotopic (exact) mass is 381 g/mol. The highest BCUT2D eigenvalue weighted by molar-refractivity contribution is 5.97. The SMILES string of the molecule is COc1ccc(O)c(C(=O)N2CCOCC2c2noc(-c3ccccc3)n2)c1. The number of nitrogens with zero attached hydrogens (tertiary/aromatic N) is 3. The molecule has 3 aromatic rings. The van der Waals surface area contributed by atoms with E-state index in [9.17, 15) is 9.90 Å². The molecular formula is C20H19N3O5. The predicted molar refractivity (Wildman–Crippen MR) is 99.0 cm³/mol. The molecule has 4 rings (SSSR count). The van der Waals surface area contributed by atoms with Crippen LogP contribution >= 0.6 is 0 Å². The Morgan fingerprint density at radius 2 is 2.07 bits per heavy atom. The second kappa shape index (κ2) is 7.69. The summed E-state index contributed by atoms with van der Waals surface area (Å²) >= 11 is 0. The minimum atomic E-state index is -0.520. The molecule has 28 heavy (non-hydrogen) atoms. The predicted octanol–water partition coefficient (Wildman–Crippen LogP) is 2.66. The molecule has 1 aliphatic rings. The smallest absolute Gasteiger partial charge is 0.258 e. The number of benzene rings is 2. The molecule has 1 saturated heterocycles. The van der Waals surface area contributed by atoms with Crippen molar-refractivity contribution in [3.05, 3.63) is 59.9 Å². The van der Waals surface area contributed by atoms with E-state index < -0.39 is 6.04 Å². The van der Waals surface area contributed by atoms with Crippen molar-refractivity contribution >= 4 is 5.91 Å². The Morgan fingerprint density at radius 1 is 1.25 bits per heavy atom. The number of methoxy groups -OCH3 is 1. The maximum Gasteiger partial charge on any atom is 0.258 e. The van der Waals surface area contributed by atoms with Gasteiger partial charge in [-0.15, -0.1) is 0 Å². The standard InChI is InChI=1S/C20H19N3O5/c1-26-14-7-8-17(24)15(11-14)20(25)23-9-10-27-12-16(23)18-21-19(28-22-18)13-5-3-2-4-6-13/h2-8,11,16,24H,9-10,12H2,1H3. The van der Waals surface area contributed by atoms with E-state index in [4.69, 9.17) is 14.0 Å². The van der Waals surface area contributed by atoms with E-state index in [1.165, 1.54) is 19.2 Å². The first kappa shape index (κ1) is 18.0. The second-order valence-electron chi connectivity index (χ2n) is 6.30. The lowest BCUT2D eigenvalue weighted by molar-refractivity contribution is -0.00591. The number of ether oxygens (including phenoxy) is 2. The number of phenols is 1. The van der Waals surface area contributed by atoms with Gasteiger partial charge < -0.3 is 24.0 Å².